The Morgan fingerprint density at radius 3 is 2.73 bits per heavy atom. The van der Waals surface area contributed by atoms with Crippen LogP contribution in [-0.2, 0) is 4.84 Å². The van der Waals surface area contributed by atoms with Gasteiger partial charge in [-0.15, -0.1) is 4.91 Å². The Morgan fingerprint density at radius 2 is 2.07 bits per heavy atom. The summed E-state index contributed by atoms with van der Waals surface area (Å²) >= 11 is 0. The van der Waals surface area contributed by atoms with Gasteiger partial charge in [-0.1, -0.05) is 12.1 Å². The van der Waals surface area contributed by atoms with Crippen molar-refractivity contribution in [3.8, 4) is 5.75 Å². The number of hydrogen-bond donors (Lipinski definition) is 0. The van der Waals surface area contributed by atoms with Gasteiger partial charge in [-0.2, -0.15) is 0 Å². The minimum Gasteiger partial charge on any atom is -0.489 e. The van der Waals surface area contributed by atoms with E-state index in [0.29, 0.717) is 11.3 Å². The van der Waals surface area contributed by atoms with Gasteiger partial charge >= 0.3 is 0 Å². The van der Waals surface area contributed by atoms with Gasteiger partial charge in [-0.05, 0) is 19.1 Å². The van der Waals surface area contributed by atoms with Crippen LogP contribution in [0, 0.1) is 4.91 Å². The van der Waals surface area contributed by atoms with Crippen molar-refractivity contribution in [1.29, 1.82) is 0 Å². The molecule has 0 aliphatic heterocycles. The van der Waals surface area contributed by atoms with Gasteiger partial charge in [-0.3, -0.25) is 4.79 Å². The van der Waals surface area contributed by atoms with Crippen LogP contribution in [0.15, 0.2) is 29.6 Å². The van der Waals surface area contributed by atoms with Crippen molar-refractivity contribution in [3.63, 3.8) is 0 Å². The zero-order chi connectivity index (χ0) is 11.1. The van der Waals surface area contributed by atoms with Crippen LogP contribution in [0.3, 0.4) is 0 Å². The zero-order valence-electron chi connectivity index (χ0n) is 8.30. The van der Waals surface area contributed by atoms with Gasteiger partial charge in [0.2, 0.25) is 0 Å². The third kappa shape index (κ3) is 3.38. The number of rotatable bonds is 6. The van der Waals surface area contributed by atoms with Crippen molar-refractivity contribution in [2.45, 2.75) is 6.92 Å². The molecule has 0 heterocycles. The van der Waals surface area contributed by atoms with E-state index in [1.165, 1.54) is 6.92 Å². The largest absolute Gasteiger partial charge is 0.489 e. The Morgan fingerprint density at radius 1 is 1.33 bits per heavy atom. The van der Waals surface area contributed by atoms with Crippen molar-refractivity contribution in [2.24, 2.45) is 5.34 Å². The van der Waals surface area contributed by atoms with Crippen LogP contribution >= 0.6 is 0 Å². The summed E-state index contributed by atoms with van der Waals surface area (Å²) in [5.74, 6) is 0.416. The summed E-state index contributed by atoms with van der Waals surface area (Å²) in [4.78, 5) is 25.0. The van der Waals surface area contributed by atoms with Gasteiger partial charge in [-0.25, -0.2) is 0 Å². The molecule has 0 radical (unpaired) electrons. The number of Topliss-reactive ketones (excluding diaryl/α,β-unsaturated/α-hetero) is 1. The summed E-state index contributed by atoms with van der Waals surface area (Å²) in [6.45, 7) is 1.71. The predicted octanol–water partition coefficient (Wildman–Crippen LogP) is 1.97. The van der Waals surface area contributed by atoms with E-state index in [0.717, 1.165) is 0 Å². The molecule has 0 aliphatic carbocycles. The third-order valence-electron chi connectivity index (χ3n) is 1.75. The number of benzene rings is 1. The molecule has 0 N–H and O–H groups in total. The fourth-order valence-corrected chi connectivity index (χ4v) is 1.11. The molecule has 0 aliphatic rings. The molecule has 0 fully saturated rings. The van der Waals surface area contributed by atoms with E-state index in [1.807, 2.05) is 0 Å². The summed E-state index contributed by atoms with van der Waals surface area (Å²) in [5.41, 5.74) is 0.511. The maximum absolute atomic E-state index is 11.2. The van der Waals surface area contributed by atoms with Crippen LogP contribution < -0.4 is 4.74 Å². The Labute approximate surface area is 86.9 Å². The molecule has 0 saturated carbocycles. The van der Waals surface area contributed by atoms with Crippen molar-refractivity contribution in [2.75, 3.05) is 13.2 Å². The third-order valence-corrected chi connectivity index (χ3v) is 1.75. The second-order valence-corrected chi connectivity index (χ2v) is 2.81. The zero-order valence-corrected chi connectivity index (χ0v) is 8.30. The first kappa shape index (κ1) is 11.2. The average molecular weight is 209 g/mol. The van der Waals surface area contributed by atoms with Crippen LogP contribution in [-0.4, -0.2) is 19.0 Å². The van der Waals surface area contributed by atoms with E-state index in [-0.39, 0.29) is 19.0 Å². The maximum atomic E-state index is 11.2. The first-order valence-electron chi connectivity index (χ1n) is 4.43. The summed E-state index contributed by atoms with van der Waals surface area (Å²) in [6.07, 6.45) is 0. The van der Waals surface area contributed by atoms with Crippen LogP contribution in [0.25, 0.3) is 0 Å². The molecule has 80 valence electrons. The predicted molar refractivity (Wildman–Crippen MR) is 53.7 cm³/mol. The molecule has 1 rings (SSSR count). The molecule has 15 heavy (non-hydrogen) atoms. The second-order valence-electron chi connectivity index (χ2n) is 2.81. The molecule has 0 spiro atoms. The minimum atomic E-state index is -0.0694. The first-order valence-corrected chi connectivity index (χ1v) is 4.43. The smallest absolute Gasteiger partial charge is 0.163 e. The molecule has 5 nitrogen and oxygen atoms in total. The highest BCUT2D eigenvalue weighted by molar-refractivity contribution is 5.96. The monoisotopic (exact) mass is 209 g/mol. The van der Waals surface area contributed by atoms with E-state index < -0.39 is 0 Å². The highest BCUT2D eigenvalue weighted by Gasteiger charge is 2.06. The Bertz CT molecular complexity index is 351. The highest BCUT2D eigenvalue weighted by Crippen LogP contribution is 2.17. The van der Waals surface area contributed by atoms with Gasteiger partial charge in [0, 0.05) is 0 Å². The Kier molecular flexibility index (Phi) is 4.28. The van der Waals surface area contributed by atoms with Crippen molar-refractivity contribution in [3.05, 3.63) is 34.7 Å². The van der Waals surface area contributed by atoms with Crippen molar-refractivity contribution in [1.82, 2.24) is 0 Å². The molecule has 0 saturated heterocycles. The SMILES string of the molecule is CC(=O)c1ccccc1OCCON=O. The number of ketones is 1. The van der Waals surface area contributed by atoms with Gasteiger partial charge in [0.15, 0.2) is 17.7 Å². The molecule has 0 atom stereocenters. The summed E-state index contributed by atoms with van der Waals surface area (Å²) in [7, 11) is 0. The van der Waals surface area contributed by atoms with Crippen LogP contribution in [0.5, 0.6) is 5.75 Å². The van der Waals surface area contributed by atoms with Gasteiger partial charge < -0.3 is 9.57 Å². The number of nitrogens with zero attached hydrogens (tertiary/aromatic N) is 1. The number of para-hydroxylation sites is 1. The van der Waals surface area contributed by atoms with E-state index in [2.05, 4.69) is 10.2 Å². The Balaban J connectivity index is 2.59. The quantitative estimate of drug-likeness (QED) is 0.311. The van der Waals surface area contributed by atoms with Gasteiger partial charge in [0.1, 0.15) is 12.4 Å². The normalized spacial score (nSPS) is 9.40. The van der Waals surface area contributed by atoms with Crippen LogP contribution in [0.1, 0.15) is 17.3 Å². The molecule has 0 aromatic heterocycles. The maximum Gasteiger partial charge on any atom is 0.163 e. The second kappa shape index (κ2) is 5.74. The lowest BCUT2D eigenvalue weighted by Crippen LogP contribution is -2.06. The van der Waals surface area contributed by atoms with Crippen molar-refractivity contribution < 1.29 is 14.4 Å². The number of hydrogen-bond acceptors (Lipinski definition) is 5. The first-order chi connectivity index (χ1) is 7.25. The van der Waals surface area contributed by atoms with E-state index in [4.69, 9.17) is 4.74 Å². The molecule has 1 aromatic carbocycles. The topological polar surface area (TPSA) is 65.0 Å². The van der Waals surface area contributed by atoms with Crippen LogP contribution in [0.2, 0.25) is 0 Å². The number of carbonyl (C=O) groups excluding carboxylic acids is 1. The van der Waals surface area contributed by atoms with E-state index >= 15 is 0 Å². The fraction of sp³-hybridized carbons (Fsp3) is 0.300. The lowest BCUT2D eigenvalue weighted by Gasteiger charge is -2.07. The molecular formula is C10H11NO4. The van der Waals surface area contributed by atoms with E-state index in [1.54, 1.807) is 24.3 Å². The van der Waals surface area contributed by atoms with E-state index in [9.17, 15) is 9.70 Å². The standard InChI is InChI=1S/C10H11NO4/c1-8(12)9-4-2-3-5-10(9)14-6-7-15-11-13/h2-5H,6-7H2,1H3. The molecule has 0 unspecified atom stereocenters. The lowest BCUT2D eigenvalue weighted by molar-refractivity contribution is 0.0975. The molecule has 1 aromatic rings. The minimum absolute atomic E-state index is 0.0652. The molecule has 0 bridgehead atoms. The molecule has 0 amide bonds. The number of ether oxygens (including phenoxy) is 1. The molecular weight excluding hydrogens is 198 g/mol. The Hall–Kier alpha value is -1.91. The number of carbonyl (C=O) groups is 1. The van der Waals surface area contributed by atoms with Gasteiger partial charge in [0.25, 0.3) is 0 Å². The summed E-state index contributed by atoms with van der Waals surface area (Å²) < 4.78 is 5.26. The summed E-state index contributed by atoms with van der Waals surface area (Å²) in [6, 6.07) is 6.88. The average Bonchev–Trinajstić information content (AvgIpc) is 2.25. The fourth-order valence-electron chi connectivity index (χ4n) is 1.11. The summed E-state index contributed by atoms with van der Waals surface area (Å²) in [5, 5.41) is 2.23. The highest BCUT2D eigenvalue weighted by atomic mass is 16.7. The molecule has 5 heteroatoms. The van der Waals surface area contributed by atoms with Gasteiger partial charge in [0.05, 0.1) is 5.56 Å². The van der Waals surface area contributed by atoms with Crippen LogP contribution in [0.4, 0.5) is 0 Å². The lowest BCUT2D eigenvalue weighted by atomic mass is 10.1. The van der Waals surface area contributed by atoms with Crippen molar-refractivity contribution >= 4 is 5.78 Å².